The van der Waals surface area contributed by atoms with Gasteiger partial charge in [0.25, 0.3) is 5.91 Å². The molecule has 2 aromatic rings. The minimum absolute atomic E-state index is 0.000887. The number of anilines is 1. The molecule has 0 bridgehead atoms. The zero-order chi connectivity index (χ0) is 19.3. The quantitative estimate of drug-likeness (QED) is 0.771. The van der Waals surface area contributed by atoms with Crippen molar-refractivity contribution in [2.24, 2.45) is 0 Å². The van der Waals surface area contributed by atoms with Gasteiger partial charge in [0.05, 0.1) is 7.11 Å². The topological polar surface area (TPSA) is 54.9 Å². The van der Waals surface area contributed by atoms with Crippen molar-refractivity contribution in [1.82, 2.24) is 9.88 Å². The van der Waals surface area contributed by atoms with Crippen molar-refractivity contribution in [2.45, 2.75) is 12.5 Å². The number of rotatable bonds is 5. The molecule has 0 N–H and O–H groups in total. The molecule has 1 aromatic carbocycles. The molecule has 4 rings (SSSR count). The maximum Gasteiger partial charge on any atom is 0.259 e. The Morgan fingerprint density at radius 2 is 2.04 bits per heavy atom. The molecular weight excluding hydrogens is 374 g/mol. The van der Waals surface area contributed by atoms with Gasteiger partial charge in [0, 0.05) is 49.9 Å². The summed E-state index contributed by atoms with van der Waals surface area (Å²) in [4.78, 5) is 21.6. The number of ether oxygens (including phenoxy) is 2. The van der Waals surface area contributed by atoms with Crippen LogP contribution in [0, 0.1) is 0 Å². The molecule has 2 aliphatic rings. The van der Waals surface area contributed by atoms with Gasteiger partial charge in [0.2, 0.25) is 5.88 Å². The molecule has 28 heavy (non-hydrogen) atoms. The summed E-state index contributed by atoms with van der Waals surface area (Å²) in [5, 5.41) is 0. The van der Waals surface area contributed by atoms with E-state index in [4.69, 9.17) is 9.47 Å². The highest BCUT2D eigenvalue weighted by atomic mass is 32.2. The number of benzene rings is 1. The zero-order valence-electron chi connectivity index (χ0n) is 16.0. The highest BCUT2D eigenvalue weighted by Crippen LogP contribution is 2.26. The Labute approximate surface area is 169 Å². The number of amides is 1. The highest BCUT2D eigenvalue weighted by Gasteiger charge is 2.27. The number of piperazine rings is 1. The fraction of sp³-hybridized carbons (Fsp3) is 0.429. The molecule has 1 unspecified atom stereocenters. The minimum Gasteiger partial charge on any atom is -0.497 e. The Balaban J connectivity index is 1.41. The molecule has 1 aromatic heterocycles. The summed E-state index contributed by atoms with van der Waals surface area (Å²) in [5.41, 5.74) is 1.69. The Hall–Kier alpha value is -2.41. The lowest BCUT2D eigenvalue weighted by atomic mass is 10.2. The molecule has 148 valence electrons. The van der Waals surface area contributed by atoms with Crippen LogP contribution in [0.4, 0.5) is 5.69 Å². The first-order chi connectivity index (χ1) is 13.7. The first-order valence-electron chi connectivity index (χ1n) is 9.62. The largest absolute Gasteiger partial charge is 0.497 e. The van der Waals surface area contributed by atoms with E-state index in [1.165, 1.54) is 0 Å². The van der Waals surface area contributed by atoms with Gasteiger partial charge >= 0.3 is 0 Å². The fourth-order valence-corrected chi connectivity index (χ4v) is 4.65. The van der Waals surface area contributed by atoms with Gasteiger partial charge in [-0.1, -0.05) is 6.07 Å². The standard InChI is InChI=1S/C21H25N3O3S/c1-26-17-5-2-4-16(14-17)23-9-11-24(12-10-23)21(25)19-6-3-8-22-20(19)27-18-7-13-28-15-18/h2-6,8,14,18H,7,9-13,15H2,1H3. The van der Waals surface area contributed by atoms with Crippen molar-refractivity contribution in [3.8, 4) is 11.6 Å². The number of carbonyl (C=O) groups excluding carboxylic acids is 1. The van der Waals surface area contributed by atoms with Crippen LogP contribution in [0.2, 0.25) is 0 Å². The van der Waals surface area contributed by atoms with E-state index >= 15 is 0 Å². The normalized spacial score (nSPS) is 19.5. The molecule has 2 saturated heterocycles. The van der Waals surface area contributed by atoms with E-state index < -0.39 is 0 Å². The van der Waals surface area contributed by atoms with Gasteiger partial charge in [-0.15, -0.1) is 0 Å². The van der Waals surface area contributed by atoms with E-state index in [1.54, 1.807) is 19.4 Å². The third-order valence-electron chi connectivity index (χ3n) is 5.15. The van der Waals surface area contributed by atoms with Gasteiger partial charge < -0.3 is 19.3 Å². The molecule has 6 nitrogen and oxygen atoms in total. The van der Waals surface area contributed by atoms with Crippen LogP contribution in [0.15, 0.2) is 42.6 Å². The number of aromatic nitrogens is 1. The van der Waals surface area contributed by atoms with Crippen LogP contribution in [0.3, 0.4) is 0 Å². The second kappa shape index (κ2) is 8.73. The highest BCUT2D eigenvalue weighted by molar-refractivity contribution is 7.99. The third kappa shape index (κ3) is 4.19. The van der Waals surface area contributed by atoms with Gasteiger partial charge in [-0.3, -0.25) is 4.79 Å². The first kappa shape index (κ1) is 18.9. The van der Waals surface area contributed by atoms with E-state index in [2.05, 4.69) is 16.0 Å². The van der Waals surface area contributed by atoms with Crippen LogP contribution >= 0.6 is 11.8 Å². The first-order valence-corrected chi connectivity index (χ1v) is 10.8. The molecular formula is C21H25N3O3S. The van der Waals surface area contributed by atoms with Gasteiger partial charge in [-0.2, -0.15) is 11.8 Å². The predicted molar refractivity (Wildman–Crippen MR) is 112 cm³/mol. The van der Waals surface area contributed by atoms with Crippen LogP contribution in [0.25, 0.3) is 0 Å². The zero-order valence-corrected chi connectivity index (χ0v) is 16.9. The SMILES string of the molecule is COc1cccc(N2CCN(C(=O)c3cccnc3OC3CCSC3)CC2)c1. The summed E-state index contributed by atoms with van der Waals surface area (Å²) in [6, 6.07) is 11.7. The van der Waals surface area contributed by atoms with Crippen molar-refractivity contribution in [3.63, 3.8) is 0 Å². The van der Waals surface area contributed by atoms with Crippen LogP contribution < -0.4 is 14.4 Å². The Kier molecular flexibility index (Phi) is 5.90. The molecule has 7 heteroatoms. The predicted octanol–water partition coefficient (Wildman–Crippen LogP) is 2.94. The van der Waals surface area contributed by atoms with E-state index in [0.29, 0.717) is 24.5 Å². The number of methoxy groups -OCH3 is 1. The summed E-state index contributed by atoms with van der Waals surface area (Å²) in [5.74, 6) is 3.38. The molecule has 0 aliphatic carbocycles. The number of nitrogens with zero attached hydrogens (tertiary/aromatic N) is 3. The molecule has 1 amide bonds. The van der Waals surface area contributed by atoms with Crippen molar-refractivity contribution < 1.29 is 14.3 Å². The molecule has 2 fully saturated rings. The summed E-state index contributed by atoms with van der Waals surface area (Å²) in [7, 11) is 1.67. The lowest BCUT2D eigenvalue weighted by Crippen LogP contribution is -2.49. The van der Waals surface area contributed by atoms with Gasteiger partial charge in [0.1, 0.15) is 17.4 Å². The second-order valence-corrected chi connectivity index (χ2v) is 8.09. The van der Waals surface area contributed by atoms with Crippen LogP contribution in [0.1, 0.15) is 16.8 Å². The smallest absolute Gasteiger partial charge is 0.259 e. The Morgan fingerprint density at radius 3 is 2.79 bits per heavy atom. The summed E-state index contributed by atoms with van der Waals surface area (Å²) < 4.78 is 11.3. The molecule has 0 radical (unpaired) electrons. The number of hydrogen-bond donors (Lipinski definition) is 0. The van der Waals surface area contributed by atoms with Gasteiger partial charge in [-0.05, 0) is 36.4 Å². The Morgan fingerprint density at radius 1 is 1.18 bits per heavy atom. The molecule has 2 aliphatic heterocycles. The average Bonchev–Trinajstić information content (AvgIpc) is 3.27. The molecule has 0 saturated carbocycles. The van der Waals surface area contributed by atoms with Gasteiger partial charge in [0.15, 0.2) is 0 Å². The van der Waals surface area contributed by atoms with E-state index in [1.807, 2.05) is 40.9 Å². The molecule has 3 heterocycles. The van der Waals surface area contributed by atoms with Crippen molar-refractivity contribution >= 4 is 23.4 Å². The van der Waals surface area contributed by atoms with Crippen LogP contribution in [-0.4, -0.2) is 66.7 Å². The lowest BCUT2D eigenvalue weighted by Gasteiger charge is -2.36. The monoisotopic (exact) mass is 399 g/mol. The number of pyridine rings is 1. The van der Waals surface area contributed by atoms with E-state index in [9.17, 15) is 4.79 Å². The van der Waals surface area contributed by atoms with Crippen LogP contribution in [-0.2, 0) is 0 Å². The van der Waals surface area contributed by atoms with Crippen molar-refractivity contribution in [3.05, 3.63) is 48.2 Å². The van der Waals surface area contributed by atoms with E-state index in [-0.39, 0.29) is 12.0 Å². The average molecular weight is 400 g/mol. The lowest BCUT2D eigenvalue weighted by molar-refractivity contribution is 0.0738. The summed E-state index contributed by atoms with van der Waals surface area (Å²) >= 11 is 1.88. The van der Waals surface area contributed by atoms with Crippen molar-refractivity contribution in [2.75, 3.05) is 49.7 Å². The minimum atomic E-state index is -0.000887. The van der Waals surface area contributed by atoms with Crippen LogP contribution in [0.5, 0.6) is 11.6 Å². The number of carbonyl (C=O) groups is 1. The molecule has 1 atom stereocenters. The third-order valence-corrected chi connectivity index (χ3v) is 6.28. The number of thioether (sulfide) groups is 1. The maximum absolute atomic E-state index is 13.1. The van der Waals surface area contributed by atoms with Crippen molar-refractivity contribution in [1.29, 1.82) is 0 Å². The summed E-state index contributed by atoms with van der Waals surface area (Å²) in [6.07, 6.45) is 2.85. The second-order valence-electron chi connectivity index (χ2n) is 6.94. The number of hydrogen-bond acceptors (Lipinski definition) is 6. The fourth-order valence-electron chi connectivity index (χ4n) is 3.56. The van der Waals surface area contributed by atoms with E-state index in [0.717, 1.165) is 42.5 Å². The maximum atomic E-state index is 13.1. The Bertz CT molecular complexity index is 818. The van der Waals surface area contributed by atoms with Gasteiger partial charge in [-0.25, -0.2) is 4.98 Å². The molecule has 0 spiro atoms. The summed E-state index contributed by atoms with van der Waals surface area (Å²) in [6.45, 7) is 2.91.